The summed E-state index contributed by atoms with van der Waals surface area (Å²) in [5.74, 6) is -0.698. The Labute approximate surface area is 124 Å². The number of nitrogens with zero attached hydrogens (tertiary/aromatic N) is 2. The highest BCUT2D eigenvalue weighted by molar-refractivity contribution is 5.94. The maximum atomic E-state index is 13.7. The van der Waals surface area contributed by atoms with E-state index in [-0.39, 0.29) is 23.6 Å². The van der Waals surface area contributed by atoms with E-state index in [4.69, 9.17) is 0 Å². The lowest BCUT2D eigenvalue weighted by molar-refractivity contribution is 0.0313. The molecule has 2 fully saturated rings. The van der Waals surface area contributed by atoms with Gasteiger partial charge in [-0.1, -0.05) is 12.1 Å². The Morgan fingerprint density at radius 1 is 1.14 bits per heavy atom. The van der Waals surface area contributed by atoms with Crippen molar-refractivity contribution >= 4 is 5.91 Å². The van der Waals surface area contributed by atoms with Gasteiger partial charge in [0, 0.05) is 32.2 Å². The first-order valence-electron chi connectivity index (χ1n) is 7.63. The molecule has 1 aromatic rings. The maximum absolute atomic E-state index is 13.7. The zero-order chi connectivity index (χ0) is 14.8. The summed E-state index contributed by atoms with van der Waals surface area (Å²) in [5, 5.41) is 9.96. The normalized spacial score (nSPS) is 27.0. The van der Waals surface area contributed by atoms with Gasteiger partial charge >= 0.3 is 0 Å². The fraction of sp³-hybridized carbons (Fsp3) is 0.562. The number of hydrogen-bond acceptors (Lipinski definition) is 3. The fourth-order valence-corrected chi connectivity index (χ4v) is 3.41. The molecule has 2 aliphatic rings. The van der Waals surface area contributed by atoms with Crippen molar-refractivity contribution in [2.75, 3.05) is 26.2 Å². The van der Waals surface area contributed by atoms with Gasteiger partial charge in [0.15, 0.2) is 0 Å². The molecule has 1 aliphatic carbocycles. The van der Waals surface area contributed by atoms with E-state index in [0.717, 1.165) is 32.4 Å². The number of amides is 1. The highest BCUT2D eigenvalue weighted by Gasteiger charge is 2.33. The highest BCUT2D eigenvalue weighted by Crippen LogP contribution is 2.25. The van der Waals surface area contributed by atoms with Crippen LogP contribution in [0.15, 0.2) is 24.3 Å². The van der Waals surface area contributed by atoms with Crippen LogP contribution in [0.2, 0.25) is 0 Å². The molecule has 1 saturated carbocycles. The Hall–Kier alpha value is -1.46. The van der Waals surface area contributed by atoms with Crippen molar-refractivity contribution in [1.82, 2.24) is 9.80 Å². The van der Waals surface area contributed by atoms with Gasteiger partial charge in [-0.3, -0.25) is 9.69 Å². The Kier molecular flexibility index (Phi) is 4.22. The molecule has 5 heteroatoms. The summed E-state index contributed by atoms with van der Waals surface area (Å²) >= 11 is 0. The van der Waals surface area contributed by atoms with Crippen molar-refractivity contribution in [2.24, 2.45) is 0 Å². The van der Waals surface area contributed by atoms with Crippen LogP contribution in [0, 0.1) is 5.82 Å². The number of halogens is 1. The summed E-state index contributed by atoms with van der Waals surface area (Å²) < 4.78 is 13.7. The number of carbonyl (C=O) groups is 1. The lowest BCUT2D eigenvalue weighted by atomic mass is 10.1. The van der Waals surface area contributed by atoms with Gasteiger partial charge in [-0.25, -0.2) is 4.39 Å². The smallest absolute Gasteiger partial charge is 0.256 e. The van der Waals surface area contributed by atoms with Crippen LogP contribution in [0.1, 0.15) is 29.6 Å². The molecule has 0 spiro atoms. The molecular weight excluding hydrogens is 271 g/mol. The van der Waals surface area contributed by atoms with E-state index in [1.807, 2.05) is 0 Å². The Morgan fingerprint density at radius 3 is 2.48 bits per heavy atom. The summed E-state index contributed by atoms with van der Waals surface area (Å²) in [7, 11) is 0. The largest absolute Gasteiger partial charge is 0.391 e. The predicted molar refractivity (Wildman–Crippen MR) is 77.5 cm³/mol. The number of aliphatic hydroxyl groups excluding tert-OH is 1. The van der Waals surface area contributed by atoms with Gasteiger partial charge in [-0.05, 0) is 31.4 Å². The molecule has 1 amide bonds. The van der Waals surface area contributed by atoms with Crippen LogP contribution >= 0.6 is 0 Å². The molecule has 2 atom stereocenters. The first-order chi connectivity index (χ1) is 10.2. The minimum Gasteiger partial charge on any atom is -0.391 e. The van der Waals surface area contributed by atoms with Gasteiger partial charge in [-0.2, -0.15) is 0 Å². The second kappa shape index (κ2) is 6.12. The molecule has 4 nitrogen and oxygen atoms in total. The molecule has 0 radical (unpaired) electrons. The van der Waals surface area contributed by atoms with Crippen LogP contribution in [-0.2, 0) is 0 Å². The van der Waals surface area contributed by atoms with E-state index in [9.17, 15) is 14.3 Å². The van der Waals surface area contributed by atoms with E-state index in [2.05, 4.69) is 4.90 Å². The van der Waals surface area contributed by atoms with Crippen molar-refractivity contribution < 1.29 is 14.3 Å². The maximum Gasteiger partial charge on any atom is 0.256 e. The van der Waals surface area contributed by atoms with Gasteiger partial charge in [0.05, 0.1) is 11.7 Å². The fourth-order valence-electron chi connectivity index (χ4n) is 3.41. The molecule has 114 valence electrons. The average molecular weight is 292 g/mol. The predicted octanol–water partition coefficient (Wildman–Crippen LogP) is 1.50. The van der Waals surface area contributed by atoms with Crippen LogP contribution in [-0.4, -0.2) is 59.1 Å². The van der Waals surface area contributed by atoms with Gasteiger partial charge < -0.3 is 10.0 Å². The van der Waals surface area contributed by atoms with Gasteiger partial charge in [0.2, 0.25) is 0 Å². The van der Waals surface area contributed by atoms with E-state index < -0.39 is 5.82 Å². The molecule has 21 heavy (non-hydrogen) atoms. The third-order valence-corrected chi connectivity index (χ3v) is 4.62. The van der Waals surface area contributed by atoms with Crippen LogP contribution in [0.3, 0.4) is 0 Å². The molecule has 1 N–H and O–H groups in total. The SMILES string of the molecule is O=C(c1ccccc1F)N1CCN([C@H]2CCC[C@@H]2O)CC1. The van der Waals surface area contributed by atoms with E-state index >= 15 is 0 Å². The average Bonchev–Trinajstić information content (AvgIpc) is 2.93. The van der Waals surface area contributed by atoms with Crippen molar-refractivity contribution in [3.8, 4) is 0 Å². The minimum atomic E-state index is -0.462. The van der Waals surface area contributed by atoms with Crippen molar-refractivity contribution in [3.63, 3.8) is 0 Å². The van der Waals surface area contributed by atoms with Crippen LogP contribution in [0.4, 0.5) is 4.39 Å². The van der Waals surface area contributed by atoms with Crippen LogP contribution in [0.25, 0.3) is 0 Å². The summed E-state index contributed by atoms with van der Waals surface area (Å²) in [4.78, 5) is 16.3. The van der Waals surface area contributed by atoms with E-state index in [0.29, 0.717) is 13.1 Å². The standard InChI is InChI=1S/C16H21FN2O2/c17-13-5-2-1-4-12(13)16(21)19-10-8-18(9-11-19)14-6-3-7-15(14)20/h1-2,4-5,14-15,20H,3,6-11H2/t14-,15-/m0/s1. The lowest BCUT2D eigenvalue weighted by Crippen LogP contribution is -2.53. The van der Waals surface area contributed by atoms with E-state index in [1.54, 1.807) is 17.0 Å². The molecule has 1 saturated heterocycles. The summed E-state index contributed by atoms with van der Waals surface area (Å²) in [6, 6.07) is 6.35. The van der Waals surface area contributed by atoms with Gasteiger partial charge in [0.25, 0.3) is 5.91 Å². The van der Waals surface area contributed by atoms with Crippen LogP contribution in [0.5, 0.6) is 0 Å². The first-order valence-corrected chi connectivity index (χ1v) is 7.63. The molecule has 0 unspecified atom stereocenters. The van der Waals surface area contributed by atoms with Gasteiger partial charge in [-0.15, -0.1) is 0 Å². The molecular formula is C16H21FN2O2. The quantitative estimate of drug-likeness (QED) is 0.898. The first kappa shape index (κ1) is 14.5. The van der Waals surface area contributed by atoms with Crippen molar-refractivity contribution in [1.29, 1.82) is 0 Å². The third-order valence-electron chi connectivity index (χ3n) is 4.62. The number of rotatable bonds is 2. The van der Waals surface area contributed by atoms with Gasteiger partial charge in [0.1, 0.15) is 5.82 Å². The summed E-state index contributed by atoms with van der Waals surface area (Å²) in [6.07, 6.45) is 2.74. The number of benzene rings is 1. The molecule has 1 heterocycles. The topological polar surface area (TPSA) is 43.8 Å². The molecule has 0 aromatic heterocycles. The Morgan fingerprint density at radius 2 is 1.86 bits per heavy atom. The van der Waals surface area contributed by atoms with E-state index in [1.165, 1.54) is 12.1 Å². The second-order valence-electron chi connectivity index (χ2n) is 5.87. The molecule has 1 aliphatic heterocycles. The van der Waals surface area contributed by atoms with Crippen molar-refractivity contribution in [3.05, 3.63) is 35.6 Å². The number of piperazine rings is 1. The number of aliphatic hydroxyl groups is 1. The monoisotopic (exact) mass is 292 g/mol. The molecule has 3 rings (SSSR count). The minimum absolute atomic E-state index is 0.145. The summed E-state index contributed by atoms with van der Waals surface area (Å²) in [6.45, 7) is 2.69. The Balaban J connectivity index is 1.61. The number of carbonyl (C=O) groups excluding carboxylic acids is 1. The molecule has 1 aromatic carbocycles. The highest BCUT2D eigenvalue weighted by atomic mass is 19.1. The van der Waals surface area contributed by atoms with Crippen molar-refractivity contribution in [2.45, 2.75) is 31.4 Å². The number of hydrogen-bond donors (Lipinski definition) is 1. The third kappa shape index (κ3) is 2.94. The zero-order valence-corrected chi connectivity index (χ0v) is 12.0. The lowest BCUT2D eigenvalue weighted by Gasteiger charge is -2.39. The Bertz CT molecular complexity index is 515. The molecule has 0 bridgehead atoms. The second-order valence-corrected chi connectivity index (χ2v) is 5.87. The zero-order valence-electron chi connectivity index (χ0n) is 12.0. The summed E-state index contributed by atoms with van der Waals surface area (Å²) in [5.41, 5.74) is 0.145. The van der Waals surface area contributed by atoms with Crippen LogP contribution < -0.4 is 0 Å².